The van der Waals surface area contributed by atoms with E-state index in [0.29, 0.717) is 23.7 Å². The lowest BCUT2D eigenvalue weighted by Crippen LogP contribution is -2.08. The Bertz CT molecular complexity index is 341. The standard InChI is InChI=1S/C11H20N4O2S/c1-4-12-9-13-10(17-5-2)15-11(14-9)18-7-8(3)6-16/h8,16H,4-7H2,1-3H3,(H,12,13,14,15). The van der Waals surface area contributed by atoms with Crippen molar-refractivity contribution in [2.75, 3.05) is 30.8 Å². The van der Waals surface area contributed by atoms with Crippen molar-refractivity contribution in [1.82, 2.24) is 15.0 Å². The Morgan fingerprint density at radius 1 is 1.33 bits per heavy atom. The Balaban J connectivity index is 2.75. The number of aliphatic hydroxyl groups is 1. The molecule has 1 unspecified atom stereocenters. The van der Waals surface area contributed by atoms with Crippen molar-refractivity contribution in [2.24, 2.45) is 5.92 Å². The Labute approximate surface area is 112 Å². The summed E-state index contributed by atoms with van der Waals surface area (Å²) in [5.74, 6) is 1.50. The Morgan fingerprint density at radius 2 is 2.11 bits per heavy atom. The summed E-state index contributed by atoms with van der Waals surface area (Å²) in [4.78, 5) is 12.6. The summed E-state index contributed by atoms with van der Waals surface area (Å²) in [7, 11) is 0. The van der Waals surface area contributed by atoms with Gasteiger partial charge in [0, 0.05) is 18.9 Å². The van der Waals surface area contributed by atoms with Gasteiger partial charge in [0.1, 0.15) is 0 Å². The summed E-state index contributed by atoms with van der Waals surface area (Å²) >= 11 is 1.49. The fourth-order valence-corrected chi connectivity index (χ4v) is 1.94. The average molecular weight is 272 g/mol. The fourth-order valence-electron chi connectivity index (χ4n) is 1.10. The van der Waals surface area contributed by atoms with Gasteiger partial charge < -0.3 is 15.2 Å². The molecule has 7 heteroatoms. The lowest BCUT2D eigenvalue weighted by molar-refractivity contribution is 0.250. The van der Waals surface area contributed by atoms with Gasteiger partial charge in [0.05, 0.1) is 6.61 Å². The van der Waals surface area contributed by atoms with Gasteiger partial charge in [0.2, 0.25) is 5.95 Å². The van der Waals surface area contributed by atoms with Crippen LogP contribution in [0.5, 0.6) is 6.01 Å². The lowest BCUT2D eigenvalue weighted by Gasteiger charge is -2.09. The molecule has 0 aliphatic carbocycles. The molecule has 1 rings (SSSR count). The highest BCUT2D eigenvalue weighted by Gasteiger charge is 2.09. The predicted octanol–water partition coefficient (Wildman–Crippen LogP) is 1.42. The number of aliphatic hydroxyl groups excluding tert-OH is 1. The van der Waals surface area contributed by atoms with E-state index in [9.17, 15) is 0 Å². The van der Waals surface area contributed by atoms with Crippen LogP contribution in [-0.4, -0.2) is 45.6 Å². The summed E-state index contributed by atoms with van der Waals surface area (Å²) < 4.78 is 5.30. The van der Waals surface area contributed by atoms with Gasteiger partial charge in [0.15, 0.2) is 5.16 Å². The van der Waals surface area contributed by atoms with Gasteiger partial charge in [-0.05, 0) is 19.8 Å². The van der Waals surface area contributed by atoms with Crippen molar-refractivity contribution in [3.63, 3.8) is 0 Å². The van der Waals surface area contributed by atoms with E-state index >= 15 is 0 Å². The third-order valence-corrected chi connectivity index (χ3v) is 3.19. The second kappa shape index (κ2) is 8.10. The van der Waals surface area contributed by atoms with Gasteiger partial charge in [-0.1, -0.05) is 18.7 Å². The third kappa shape index (κ3) is 5.05. The van der Waals surface area contributed by atoms with Crippen LogP contribution in [0.25, 0.3) is 0 Å². The van der Waals surface area contributed by atoms with E-state index < -0.39 is 0 Å². The predicted molar refractivity (Wildman–Crippen MR) is 72.1 cm³/mol. The highest BCUT2D eigenvalue weighted by Crippen LogP contribution is 2.19. The van der Waals surface area contributed by atoms with Crippen molar-refractivity contribution in [2.45, 2.75) is 25.9 Å². The molecule has 2 N–H and O–H groups in total. The number of ether oxygens (including phenoxy) is 1. The zero-order valence-electron chi connectivity index (χ0n) is 11.0. The Kier molecular flexibility index (Phi) is 6.74. The molecule has 1 heterocycles. The monoisotopic (exact) mass is 272 g/mol. The SMILES string of the molecule is CCNc1nc(OCC)nc(SCC(C)CO)n1. The first-order valence-electron chi connectivity index (χ1n) is 6.06. The zero-order valence-corrected chi connectivity index (χ0v) is 11.8. The van der Waals surface area contributed by atoms with Gasteiger partial charge >= 0.3 is 6.01 Å². The molecular formula is C11H20N4O2S. The smallest absolute Gasteiger partial charge is 0.322 e. The topological polar surface area (TPSA) is 80.2 Å². The molecule has 0 amide bonds. The normalized spacial score (nSPS) is 12.2. The van der Waals surface area contributed by atoms with E-state index in [2.05, 4.69) is 20.3 Å². The van der Waals surface area contributed by atoms with E-state index in [1.54, 1.807) is 0 Å². The minimum atomic E-state index is 0.163. The number of anilines is 1. The molecule has 1 aromatic rings. The van der Waals surface area contributed by atoms with Crippen LogP contribution in [0.15, 0.2) is 5.16 Å². The lowest BCUT2D eigenvalue weighted by atomic mass is 10.2. The summed E-state index contributed by atoms with van der Waals surface area (Å²) in [6.45, 7) is 7.26. The molecule has 6 nitrogen and oxygen atoms in total. The van der Waals surface area contributed by atoms with Crippen LogP contribution in [0, 0.1) is 5.92 Å². The molecule has 0 saturated carbocycles. The zero-order chi connectivity index (χ0) is 13.4. The van der Waals surface area contributed by atoms with E-state index in [1.165, 1.54) is 11.8 Å². The Hall–Kier alpha value is -1.08. The van der Waals surface area contributed by atoms with Crippen molar-refractivity contribution in [3.8, 4) is 6.01 Å². The molecule has 1 atom stereocenters. The van der Waals surface area contributed by atoms with Crippen LogP contribution in [0.3, 0.4) is 0 Å². The molecule has 0 spiro atoms. The highest BCUT2D eigenvalue weighted by molar-refractivity contribution is 7.99. The van der Waals surface area contributed by atoms with Crippen LogP contribution >= 0.6 is 11.8 Å². The number of nitrogens with zero attached hydrogens (tertiary/aromatic N) is 3. The molecule has 102 valence electrons. The molecular weight excluding hydrogens is 252 g/mol. The molecule has 0 radical (unpaired) electrons. The number of hydrogen-bond acceptors (Lipinski definition) is 7. The second-order valence-electron chi connectivity index (χ2n) is 3.79. The van der Waals surface area contributed by atoms with Crippen LogP contribution in [0.1, 0.15) is 20.8 Å². The maximum atomic E-state index is 8.99. The molecule has 0 saturated heterocycles. The van der Waals surface area contributed by atoms with E-state index in [-0.39, 0.29) is 12.5 Å². The Morgan fingerprint density at radius 3 is 2.72 bits per heavy atom. The van der Waals surface area contributed by atoms with Crippen LogP contribution in [-0.2, 0) is 0 Å². The van der Waals surface area contributed by atoms with Crippen molar-refractivity contribution < 1.29 is 9.84 Å². The number of aromatic nitrogens is 3. The highest BCUT2D eigenvalue weighted by atomic mass is 32.2. The molecule has 0 bridgehead atoms. The number of nitrogens with one attached hydrogen (secondary N) is 1. The van der Waals surface area contributed by atoms with Gasteiger partial charge in [-0.15, -0.1) is 0 Å². The van der Waals surface area contributed by atoms with Gasteiger partial charge in [0.25, 0.3) is 0 Å². The largest absolute Gasteiger partial charge is 0.464 e. The maximum absolute atomic E-state index is 8.99. The number of hydrogen-bond donors (Lipinski definition) is 2. The molecule has 0 fully saturated rings. The molecule has 0 aliphatic heterocycles. The first kappa shape index (κ1) is 15.0. The molecule has 18 heavy (non-hydrogen) atoms. The molecule has 1 aromatic heterocycles. The minimum Gasteiger partial charge on any atom is -0.464 e. The summed E-state index contributed by atoms with van der Waals surface area (Å²) in [5.41, 5.74) is 0. The van der Waals surface area contributed by atoms with Crippen molar-refractivity contribution in [3.05, 3.63) is 0 Å². The van der Waals surface area contributed by atoms with Gasteiger partial charge in [-0.2, -0.15) is 15.0 Å². The van der Waals surface area contributed by atoms with Crippen molar-refractivity contribution >= 4 is 17.7 Å². The van der Waals surface area contributed by atoms with E-state index in [4.69, 9.17) is 9.84 Å². The van der Waals surface area contributed by atoms with E-state index in [1.807, 2.05) is 20.8 Å². The summed E-state index contributed by atoms with van der Waals surface area (Å²) in [5, 5.41) is 12.6. The molecule has 0 aromatic carbocycles. The first-order chi connectivity index (χ1) is 8.69. The van der Waals surface area contributed by atoms with Crippen molar-refractivity contribution in [1.29, 1.82) is 0 Å². The van der Waals surface area contributed by atoms with E-state index in [0.717, 1.165) is 12.3 Å². The summed E-state index contributed by atoms with van der Waals surface area (Å²) in [6, 6.07) is 0.336. The quantitative estimate of drug-likeness (QED) is 0.693. The minimum absolute atomic E-state index is 0.163. The fraction of sp³-hybridized carbons (Fsp3) is 0.727. The number of thioether (sulfide) groups is 1. The maximum Gasteiger partial charge on any atom is 0.322 e. The second-order valence-corrected chi connectivity index (χ2v) is 4.77. The third-order valence-electron chi connectivity index (χ3n) is 2.01. The van der Waals surface area contributed by atoms with Crippen LogP contribution in [0.2, 0.25) is 0 Å². The molecule has 0 aliphatic rings. The van der Waals surface area contributed by atoms with Crippen LogP contribution in [0.4, 0.5) is 5.95 Å². The summed E-state index contributed by atoms with van der Waals surface area (Å²) in [6.07, 6.45) is 0. The average Bonchev–Trinajstić information content (AvgIpc) is 2.36. The first-order valence-corrected chi connectivity index (χ1v) is 7.04. The number of rotatable bonds is 8. The van der Waals surface area contributed by atoms with Crippen LogP contribution < -0.4 is 10.1 Å². The van der Waals surface area contributed by atoms with Gasteiger partial charge in [-0.3, -0.25) is 0 Å². The van der Waals surface area contributed by atoms with Gasteiger partial charge in [-0.25, -0.2) is 0 Å².